The topological polar surface area (TPSA) is 49.4 Å². The van der Waals surface area contributed by atoms with Gasteiger partial charge in [0.2, 0.25) is 5.91 Å². The van der Waals surface area contributed by atoms with Crippen LogP contribution in [-0.2, 0) is 4.79 Å². The number of anilines is 1. The van der Waals surface area contributed by atoms with E-state index in [9.17, 15) is 9.59 Å². The molecule has 4 heteroatoms. The number of carbonyl (C=O) groups is 2. The third kappa shape index (κ3) is 4.44. The third-order valence-electron chi connectivity index (χ3n) is 5.42. The van der Waals surface area contributed by atoms with Crippen molar-refractivity contribution >= 4 is 17.5 Å². The van der Waals surface area contributed by atoms with Gasteiger partial charge in [-0.3, -0.25) is 9.59 Å². The van der Waals surface area contributed by atoms with Gasteiger partial charge in [-0.15, -0.1) is 0 Å². The predicted molar refractivity (Wildman–Crippen MR) is 114 cm³/mol. The second-order valence-corrected chi connectivity index (χ2v) is 7.77. The lowest BCUT2D eigenvalue weighted by atomic mass is 9.89. The summed E-state index contributed by atoms with van der Waals surface area (Å²) in [6.45, 7) is 6.24. The van der Waals surface area contributed by atoms with E-state index in [-0.39, 0.29) is 23.9 Å². The maximum Gasteiger partial charge on any atom is 0.258 e. The summed E-state index contributed by atoms with van der Waals surface area (Å²) in [4.78, 5) is 27.5. The van der Waals surface area contributed by atoms with E-state index in [1.807, 2.05) is 54.3 Å². The zero-order valence-corrected chi connectivity index (χ0v) is 17.1. The summed E-state index contributed by atoms with van der Waals surface area (Å²) in [5.74, 6) is 0.104. The van der Waals surface area contributed by atoms with Gasteiger partial charge in [0.15, 0.2) is 0 Å². The van der Waals surface area contributed by atoms with Gasteiger partial charge in [-0.05, 0) is 50.5 Å². The normalized spacial score (nSPS) is 18.5. The molecule has 0 radical (unpaired) electrons. The molecule has 0 bridgehead atoms. The van der Waals surface area contributed by atoms with Gasteiger partial charge in [-0.25, -0.2) is 0 Å². The van der Waals surface area contributed by atoms with Gasteiger partial charge in [0, 0.05) is 23.7 Å². The van der Waals surface area contributed by atoms with E-state index in [1.54, 1.807) is 0 Å². The van der Waals surface area contributed by atoms with Gasteiger partial charge in [0.05, 0.1) is 6.04 Å². The smallest absolute Gasteiger partial charge is 0.258 e. The number of unbranched alkanes of at least 4 members (excludes halogenated alkanes) is 2. The van der Waals surface area contributed by atoms with Crippen molar-refractivity contribution in [1.82, 2.24) is 5.32 Å². The van der Waals surface area contributed by atoms with E-state index in [1.165, 1.54) is 0 Å². The van der Waals surface area contributed by atoms with Crippen LogP contribution in [0.25, 0.3) is 0 Å². The van der Waals surface area contributed by atoms with Crippen LogP contribution in [0.5, 0.6) is 0 Å². The molecule has 2 aromatic carbocycles. The van der Waals surface area contributed by atoms with E-state index in [0.717, 1.165) is 36.1 Å². The summed E-state index contributed by atoms with van der Waals surface area (Å²) in [6.07, 6.45) is 4.38. The Morgan fingerprint density at radius 2 is 1.86 bits per heavy atom. The molecule has 2 amide bonds. The molecule has 0 aliphatic carbocycles. The first kappa shape index (κ1) is 20.1. The SMILES string of the molecule is CCCCCC(=O)NC1CC(C)N(C(=O)c2ccccc2)c2ccc(C)cc21. The number of fused-ring (bicyclic) bond motifs is 1. The molecule has 1 N–H and O–H groups in total. The number of aryl methyl sites for hydroxylation is 1. The molecule has 0 saturated carbocycles. The molecule has 0 aromatic heterocycles. The first-order valence-electron chi connectivity index (χ1n) is 10.3. The van der Waals surface area contributed by atoms with Crippen molar-refractivity contribution in [1.29, 1.82) is 0 Å². The Morgan fingerprint density at radius 3 is 2.57 bits per heavy atom. The maximum absolute atomic E-state index is 13.2. The van der Waals surface area contributed by atoms with E-state index < -0.39 is 0 Å². The zero-order valence-electron chi connectivity index (χ0n) is 17.1. The Bertz CT molecular complexity index is 832. The lowest BCUT2D eigenvalue weighted by molar-refractivity contribution is -0.122. The molecule has 1 aliphatic heterocycles. The van der Waals surface area contributed by atoms with Crippen molar-refractivity contribution in [3.63, 3.8) is 0 Å². The zero-order chi connectivity index (χ0) is 20.1. The number of hydrogen-bond donors (Lipinski definition) is 1. The molecule has 2 aromatic rings. The average Bonchev–Trinajstić information content (AvgIpc) is 2.69. The molecule has 28 heavy (non-hydrogen) atoms. The lowest BCUT2D eigenvalue weighted by Gasteiger charge is -2.40. The van der Waals surface area contributed by atoms with Crippen LogP contribution in [-0.4, -0.2) is 17.9 Å². The highest BCUT2D eigenvalue weighted by atomic mass is 16.2. The molecule has 1 heterocycles. The fourth-order valence-corrected chi connectivity index (χ4v) is 3.95. The summed E-state index contributed by atoms with van der Waals surface area (Å²) < 4.78 is 0. The number of nitrogens with zero attached hydrogens (tertiary/aromatic N) is 1. The number of benzene rings is 2. The molecule has 0 fully saturated rings. The van der Waals surface area contributed by atoms with Crippen LogP contribution >= 0.6 is 0 Å². The first-order chi connectivity index (χ1) is 13.5. The molecule has 0 saturated heterocycles. The number of carbonyl (C=O) groups excluding carboxylic acids is 2. The molecule has 2 atom stereocenters. The van der Waals surface area contributed by atoms with Gasteiger partial charge < -0.3 is 10.2 Å². The molecule has 4 nitrogen and oxygen atoms in total. The van der Waals surface area contributed by atoms with Crippen LogP contribution in [0.15, 0.2) is 48.5 Å². The van der Waals surface area contributed by atoms with Crippen molar-refractivity contribution in [3.05, 3.63) is 65.2 Å². The van der Waals surface area contributed by atoms with Crippen LogP contribution in [0.4, 0.5) is 5.69 Å². The summed E-state index contributed by atoms with van der Waals surface area (Å²) in [7, 11) is 0. The van der Waals surface area contributed by atoms with Crippen LogP contribution in [0.1, 0.15) is 73.5 Å². The maximum atomic E-state index is 13.2. The largest absolute Gasteiger partial charge is 0.349 e. The van der Waals surface area contributed by atoms with E-state index >= 15 is 0 Å². The predicted octanol–water partition coefficient (Wildman–Crippen LogP) is 5.17. The number of amides is 2. The summed E-state index contributed by atoms with van der Waals surface area (Å²) in [5.41, 5.74) is 3.75. The third-order valence-corrected chi connectivity index (χ3v) is 5.42. The van der Waals surface area contributed by atoms with Crippen molar-refractivity contribution < 1.29 is 9.59 Å². The second-order valence-electron chi connectivity index (χ2n) is 7.77. The van der Waals surface area contributed by atoms with Crippen molar-refractivity contribution in [2.24, 2.45) is 0 Å². The van der Waals surface area contributed by atoms with E-state index in [0.29, 0.717) is 18.4 Å². The minimum Gasteiger partial charge on any atom is -0.349 e. The highest BCUT2D eigenvalue weighted by molar-refractivity contribution is 6.07. The molecular formula is C24H30N2O2. The van der Waals surface area contributed by atoms with Crippen LogP contribution in [0, 0.1) is 6.92 Å². The fraction of sp³-hybridized carbons (Fsp3) is 0.417. The van der Waals surface area contributed by atoms with Crippen LogP contribution in [0.3, 0.4) is 0 Å². The van der Waals surface area contributed by atoms with Gasteiger partial charge in [0.1, 0.15) is 0 Å². The molecule has 1 aliphatic rings. The molecular weight excluding hydrogens is 348 g/mol. The minimum atomic E-state index is -0.0566. The Balaban J connectivity index is 1.87. The summed E-state index contributed by atoms with van der Waals surface area (Å²) in [6, 6.07) is 15.5. The van der Waals surface area contributed by atoms with Gasteiger partial charge in [0.25, 0.3) is 5.91 Å². The van der Waals surface area contributed by atoms with E-state index in [4.69, 9.17) is 0 Å². The molecule has 2 unspecified atom stereocenters. The molecule has 0 spiro atoms. The monoisotopic (exact) mass is 378 g/mol. The van der Waals surface area contributed by atoms with E-state index in [2.05, 4.69) is 25.2 Å². The number of nitrogens with one attached hydrogen (secondary N) is 1. The average molecular weight is 379 g/mol. The highest BCUT2D eigenvalue weighted by Gasteiger charge is 2.34. The van der Waals surface area contributed by atoms with Crippen LogP contribution in [0.2, 0.25) is 0 Å². The van der Waals surface area contributed by atoms with Crippen molar-refractivity contribution in [2.75, 3.05) is 4.90 Å². The standard InChI is InChI=1S/C24H30N2O2/c1-4-5-7-12-23(27)25-21-16-18(3)26(22-14-13-17(2)15-20(21)22)24(28)19-10-8-6-9-11-19/h6,8-11,13-15,18,21H,4-5,7,12,16H2,1-3H3,(H,25,27). The summed E-state index contributed by atoms with van der Waals surface area (Å²) >= 11 is 0. The van der Waals surface area contributed by atoms with Gasteiger partial charge in [-0.2, -0.15) is 0 Å². The molecule has 3 rings (SSSR count). The number of rotatable bonds is 6. The fourth-order valence-electron chi connectivity index (χ4n) is 3.95. The van der Waals surface area contributed by atoms with Crippen molar-refractivity contribution in [3.8, 4) is 0 Å². The second kappa shape index (κ2) is 9.05. The summed E-state index contributed by atoms with van der Waals surface area (Å²) in [5, 5.41) is 3.21. The Morgan fingerprint density at radius 1 is 1.11 bits per heavy atom. The first-order valence-corrected chi connectivity index (χ1v) is 10.3. The Hall–Kier alpha value is -2.62. The van der Waals surface area contributed by atoms with Gasteiger partial charge >= 0.3 is 0 Å². The lowest BCUT2D eigenvalue weighted by Crippen LogP contribution is -2.46. The van der Waals surface area contributed by atoms with Crippen molar-refractivity contribution in [2.45, 2.75) is 65.0 Å². The Labute approximate surface area is 167 Å². The minimum absolute atomic E-state index is 0.00357. The highest BCUT2D eigenvalue weighted by Crippen LogP contribution is 2.38. The number of hydrogen-bond acceptors (Lipinski definition) is 2. The van der Waals surface area contributed by atoms with Crippen LogP contribution < -0.4 is 10.2 Å². The van der Waals surface area contributed by atoms with Gasteiger partial charge in [-0.1, -0.05) is 55.7 Å². The Kier molecular flexibility index (Phi) is 6.50. The molecule has 148 valence electrons. The quantitative estimate of drug-likeness (QED) is 0.705.